The van der Waals surface area contributed by atoms with Crippen molar-refractivity contribution in [2.75, 3.05) is 13.2 Å². The van der Waals surface area contributed by atoms with Gasteiger partial charge in [0.25, 0.3) is 5.79 Å². The fourth-order valence-corrected chi connectivity index (χ4v) is 1.71. The number of ether oxygens (including phenoxy) is 2. The summed E-state index contributed by atoms with van der Waals surface area (Å²) in [6, 6.07) is -0.665. The zero-order valence-corrected chi connectivity index (χ0v) is 11.3. The molecule has 1 fully saturated rings. The minimum Gasteiger partial charge on any atom is -0.477 e. The second-order valence-corrected chi connectivity index (χ2v) is 4.72. The highest BCUT2D eigenvalue weighted by atomic mass is 16.7. The summed E-state index contributed by atoms with van der Waals surface area (Å²) < 4.78 is 10.1. The predicted molar refractivity (Wildman–Crippen MR) is 64.5 cm³/mol. The first kappa shape index (κ1) is 15.9. The van der Waals surface area contributed by atoms with E-state index in [1.807, 2.05) is 6.92 Å². The molecule has 1 aliphatic rings. The SMILES string of the molecule is CCCCCC(=O)N(O)C1COC(C)(C(=O)O)OC1. The van der Waals surface area contributed by atoms with Crippen molar-refractivity contribution >= 4 is 11.9 Å². The third-order valence-electron chi connectivity index (χ3n) is 3.09. The normalized spacial score (nSPS) is 27.0. The monoisotopic (exact) mass is 275 g/mol. The third kappa shape index (κ3) is 4.15. The summed E-state index contributed by atoms with van der Waals surface area (Å²) in [6.45, 7) is 3.17. The topological polar surface area (TPSA) is 96.3 Å². The van der Waals surface area contributed by atoms with Gasteiger partial charge in [-0.25, -0.2) is 9.86 Å². The molecule has 19 heavy (non-hydrogen) atoms. The second kappa shape index (κ2) is 6.83. The van der Waals surface area contributed by atoms with Crippen LogP contribution in [0.15, 0.2) is 0 Å². The number of hydroxylamine groups is 2. The van der Waals surface area contributed by atoms with Gasteiger partial charge in [-0.3, -0.25) is 10.0 Å². The molecule has 110 valence electrons. The van der Waals surface area contributed by atoms with E-state index in [1.165, 1.54) is 6.92 Å². The standard InChI is InChI=1S/C12H21NO6/c1-3-4-5-6-10(14)13(17)9-7-18-12(2,11(15)16)19-8-9/h9,17H,3-8H2,1-2H3,(H,15,16). The van der Waals surface area contributed by atoms with Crippen LogP contribution in [0.5, 0.6) is 0 Å². The van der Waals surface area contributed by atoms with E-state index in [2.05, 4.69) is 0 Å². The van der Waals surface area contributed by atoms with Crippen molar-refractivity contribution in [2.45, 2.75) is 51.4 Å². The zero-order chi connectivity index (χ0) is 14.5. The summed E-state index contributed by atoms with van der Waals surface area (Å²) >= 11 is 0. The molecule has 0 aromatic carbocycles. The Hall–Kier alpha value is -1.18. The fraction of sp³-hybridized carbons (Fsp3) is 0.833. The van der Waals surface area contributed by atoms with E-state index in [0.717, 1.165) is 12.8 Å². The van der Waals surface area contributed by atoms with Crippen molar-refractivity contribution in [3.8, 4) is 0 Å². The molecular formula is C12H21NO6. The molecule has 0 unspecified atom stereocenters. The summed E-state index contributed by atoms with van der Waals surface area (Å²) in [4.78, 5) is 22.5. The molecule has 0 aromatic heterocycles. The number of hydrogen-bond donors (Lipinski definition) is 2. The predicted octanol–water partition coefficient (Wildman–Crippen LogP) is 1.00. The first-order valence-electron chi connectivity index (χ1n) is 6.43. The van der Waals surface area contributed by atoms with Gasteiger partial charge in [0.05, 0.1) is 13.2 Å². The van der Waals surface area contributed by atoms with Gasteiger partial charge in [0, 0.05) is 13.3 Å². The average Bonchev–Trinajstić information content (AvgIpc) is 2.39. The van der Waals surface area contributed by atoms with Gasteiger partial charge < -0.3 is 14.6 Å². The van der Waals surface area contributed by atoms with Crippen LogP contribution in [-0.2, 0) is 19.1 Å². The molecule has 0 aliphatic carbocycles. The fourth-order valence-electron chi connectivity index (χ4n) is 1.71. The number of rotatable bonds is 6. The van der Waals surface area contributed by atoms with E-state index in [0.29, 0.717) is 11.5 Å². The highest BCUT2D eigenvalue weighted by molar-refractivity contribution is 5.76. The molecule has 7 nitrogen and oxygen atoms in total. The number of unbranched alkanes of at least 4 members (excludes halogenated alkanes) is 2. The smallest absolute Gasteiger partial charge is 0.364 e. The average molecular weight is 275 g/mol. The summed E-state index contributed by atoms with van der Waals surface area (Å²) in [5, 5.41) is 19.2. The minimum atomic E-state index is -1.71. The molecule has 1 aliphatic heterocycles. The summed E-state index contributed by atoms with van der Waals surface area (Å²) in [7, 11) is 0. The molecule has 0 bridgehead atoms. The highest BCUT2D eigenvalue weighted by Crippen LogP contribution is 2.21. The molecule has 1 amide bonds. The first-order chi connectivity index (χ1) is 8.90. The lowest BCUT2D eigenvalue weighted by Gasteiger charge is -2.36. The van der Waals surface area contributed by atoms with Gasteiger partial charge in [0.15, 0.2) is 0 Å². The second-order valence-electron chi connectivity index (χ2n) is 4.72. The quantitative estimate of drug-likeness (QED) is 0.426. The zero-order valence-electron chi connectivity index (χ0n) is 11.3. The van der Waals surface area contributed by atoms with Gasteiger partial charge in [-0.1, -0.05) is 19.8 Å². The largest absolute Gasteiger partial charge is 0.477 e. The van der Waals surface area contributed by atoms with Gasteiger partial charge >= 0.3 is 5.97 Å². The van der Waals surface area contributed by atoms with E-state index in [4.69, 9.17) is 14.6 Å². The molecule has 2 N–H and O–H groups in total. The summed E-state index contributed by atoms with van der Waals surface area (Å²) in [6.07, 6.45) is 2.89. The molecule has 7 heteroatoms. The van der Waals surface area contributed by atoms with Crippen LogP contribution in [0.25, 0.3) is 0 Å². The van der Waals surface area contributed by atoms with E-state index in [1.54, 1.807) is 0 Å². The van der Waals surface area contributed by atoms with E-state index < -0.39 is 23.7 Å². The maximum absolute atomic E-state index is 11.7. The Bertz CT molecular complexity index is 324. The van der Waals surface area contributed by atoms with Gasteiger partial charge in [-0.15, -0.1) is 0 Å². The van der Waals surface area contributed by atoms with Crippen molar-refractivity contribution in [2.24, 2.45) is 0 Å². The molecular weight excluding hydrogens is 254 g/mol. The molecule has 0 radical (unpaired) electrons. The number of carbonyl (C=O) groups is 2. The summed E-state index contributed by atoms with van der Waals surface area (Å²) in [5.41, 5.74) is 0. The van der Waals surface area contributed by atoms with Crippen molar-refractivity contribution in [1.82, 2.24) is 5.06 Å². The molecule has 0 atom stereocenters. The Balaban J connectivity index is 2.42. The number of carboxylic acid groups (broad SMARTS) is 1. The Morgan fingerprint density at radius 3 is 2.37 bits per heavy atom. The molecule has 1 heterocycles. The number of carbonyl (C=O) groups excluding carboxylic acids is 1. The van der Waals surface area contributed by atoms with E-state index in [-0.39, 0.29) is 19.6 Å². The van der Waals surface area contributed by atoms with Crippen LogP contribution >= 0.6 is 0 Å². The Morgan fingerprint density at radius 1 is 1.32 bits per heavy atom. The van der Waals surface area contributed by atoms with E-state index >= 15 is 0 Å². The van der Waals surface area contributed by atoms with Gasteiger partial charge in [-0.2, -0.15) is 0 Å². The molecule has 1 saturated heterocycles. The van der Waals surface area contributed by atoms with Crippen LogP contribution in [0, 0.1) is 0 Å². The number of carboxylic acids is 1. The molecule has 0 spiro atoms. The van der Waals surface area contributed by atoms with Crippen LogP contribution < -0.4 is 0 Å². The van der Waals surface area contributed by atoms with Gasteiger partial charge in [0.1, 0.15) is 6.04 Å². The Morgan fingerprint density at radius 2 is 1.89 bits per heavy atom. The Labute approximate surface area is 112 Å². The summed E-state index contributed by atoms with van der Waals surface area (Å²) in [5.74, 6) is -3.34. The number of amides is 1. The van der Waals surface area contributed by atoms with Crippen molar-refractivity contribution in [1.29, 1.82) is 0 Å². The first-order valence-corrected chi connectivity index (χ1v) is 6.43. The number of hydrogen-bond acceptors (Lipinski definition) is 5. The third-order valence-corrected chi connectivity index (χ3v) is 3.09. The van der Waals surface area contributed by atoms with Crippen LogP contribution in [0.4, 0.5) is 0 Å². The van der Waals surface area contributed by atoms with Gasteiger partial charge in [-0.05, 0) is 6.42 Å². The van der Waals surface area contributed by atoms with E-state index in [9.17, 15) is 14.8 Å². The number of aliphatic carboxylic acids is 1. The van der Waals surface area contributed by atoms with Crippen LogP contribution in [0.1, 0.15) is 39.5 Å². The lowest BCUT2D eigenvalue weighted by molar-refractivity contribution is -0.288. The van der Waals surface area contributed by atoms with Crippen LogP contribution in [0.3, 0.4) is 0 Å². The van der Waals surface area contributed by atoms with Crippen molar-refractivity contribution < 1.29 is 29.4 Å². The molecule has 1 rings (SSSR count). The minimum absolute atomic E-state index is 0.0706. The maximum Gasteiger partial charge on any atom is 0.364 e. The highest BCUT2D eigenvalue weighted by Gasteiger charge is 2.42. The number of nitrogens with zero attached hydrogens (tertiary/aromatic N) is 1. The lowest BCUT2D eigenvalue weighted by Crippen LogP contribution is -2.55. The van der Waals surface area contributed by atoms with Crippen LogP contribution in [0.2, 0.25) is 0 Å². The lowest BCUT2D eigenvalue weighted by atomic mass is 10.2. The van der Waals surface area contributed by atoms with Crippen molar-refractivity contribution in [3.63, 3.8) is 0 Å². The van der Waals surface area contributed by atoms with Gasteiger partial charge in [0.2, 0.25) is 5.91 Å². The maximum atomic E-state index is 11.7. The Kier molecular flexibility index (Phi) is 5.71. The van der Waals surface area contributed by atoms with Crippen molar-refractivity contribution in [3.05, 3.63) is 0 Å². The molecule has 0 aromatic rings. The molecule has 0 saturated carbocycles. The van der Waals surface area contributed by atoms with Crippen LogP contribution in [-0.4, -0.2) is 52.3 Å².